The van der Waals surface area contributed by atoms with Crippen molar-refractivity contribution in [2.24, 2.45) is 12.8 Å². The van der Waals surface area contributed by atoms with E-state index in [4.69, 9.17) is 10.5 Å². The summed E-state index contributed by atoms with van der Waals surface area (Å²) in [6.07, 6.45) is 3.64. The molecule has 0 saturated heterocycles. The fourth-order valence-corrected chi connectivity index (χ4v) is 2.23. The topological polar surface area (TPSA) is 73.4 Å². The number of hydrogen-bond donors (Lipinski definition) is 1. The summed E-state index contributed by atoms with van der Waals surface area (Å²) in [5.74, 6) is 1.36. The van der Waals surface area contributed by atoms with Crippen molar-refractivity contribution in [1.82, 2.24) is 14.5 Å². The summed E-state index contributed by atoms with van der Waals surface area (Å²) in [4.78, 5) is 17.4. The zero-order chi connectivity index (χ0) is 16.8. The van der Waals surface area contributed by atoms with Crippen molar-refractivity contribution in [2.75, 3.05) is 6.54 Å². The van der Waals surface area contributed by atoms with Crippen LogP contribution in [0.1, 0.15) is 25.2 Å². The number of ether oxygens (including phenoxy) is 1. The van der Waals surface area contributed by atoms with Crippen LogP contribution in [0.15, 0.2) is 36.7 Å². The molecule has 1 aromatic heterocycles. The predicted molar refractivity (Wildman–Crippen MR) is 88.7 cm³/mol. The molecule has 1 amide bonds. The maximum Gasteiger partial charge on any atom is 0.231 e. The zero-order valence-electron chi connectivity index (χ0n) is 13.9. The third-order valence-corrected chi connectivity index (χ3v) is 3.69. The van der Waals surface area contributed by atoms with Crippen LogP contribution in [0.25, 0.3) is 0 Å². The van der Waals surface area contributed by atoms with Gasteiger partial charge in [-0.05, 0) is 31.5 Å². The van der Waals surface area contributed by atoms with Gasteiger partial charge in [-0.25, -0.2) is 4.98 Å². The summed E-state index contributed by atoms with van der Waals surface area (Å²) in [6.45, 7) is 5.47. The first-order chi connectivity index (χ1) is 11.0. The number of nitrogens with zero attached hydrogens (tertiary/aromatic N) is 3. The first-order valence-corrected chi connectivity index (χ1v) is 7.66. The van der Waals surface area contributed by atoms with E-state index in [0.717, 1.165) is 17.1 Å². The number of hydrogen-bond acceptors (Lipinski definition) is 4. The molecule has 6 heteroatoms. The second kappa shape index (κ2) is 7.78. The van der Waals surface area contributed by atoms with E-state index >= 15 is 0 Å². The molecule has 1 aromatic carbocycles. The Morgan fingerprint density at radius 2 is 2.04 bits per heavy atom. The van der Waals surface area contributed by atoms with Crippen molar-refractivity contribution in [2.45, 2.75) is 33.0 Å². The molecule has 0 radical (unpaired) electrons. The minimum atomic E-state index is -0.311. The van der Waals surface area contributed by atoms with E-state index < -0.39 is 0 Å². The van der Waals surface area contributed by atoms with Crippen molar-refractivity contribution in [1.29, 1.82) is 0 Å². The number of imidazole rings is 1. The van der Waals surface area contributed by atoms with Gasteiger partial charge >= 0.3 is 0 Å². The average Bonchev–Trinajstić information content (AvgIpc) is 2.90. The molecule has 2 N–H and O–H groups in total. The number of nitrogens with two attached hydrogens (primary N) is 1. The quantitative estimate of drug-likeness (QED) is 0.804. The van der Waals surface area contributed by atoms with Crippen LogP contribution in [0.4, 0.5) is 0 Å². The van der Waals surface area contributed by atoms with Crippen LogP contribution in [-0.2, 0) is 25.0 Å². The smallest absolute Gasteiger partial charge is 0.231 e. The lowest BCUT2D eigenvalue weighted by molar-refractivity contribution is -0.119. The van der Waals surface area contributed by atoms with Gasteiger partial charge in [0.15, 0.2) is 0 Å². The predicted octanol–water partition coefficient (Wildman–Crippen LogP) is 1.69. The molecule has 0 unspecified atom stereocenters. The van der Waals surface area contributed by atoms with Gasteiger partial charge in [0.1, 0.15) is 18.2 Å². The average molecular weight is 316 g/mol. The summed E-state index contributed by atoms with van der Waals surface area (Å²) in [7, 11) is 1.94. The first kappa shape index (κ1) is 17.0. The van der Waals surface area contributed by atoms with E-state index in [-0.39, 0.29) is 18.5 Å². The van der Waals surface area contributed by atoms with E-state index in [9.17, 15) is 4.79 Å². The normalized spacial score (nSPS) is 11.2. The van der Waals surface area contributed by atoms with Crippen LogP contribution in [0.5, 0.6) is 5.75 Å². The number of primary amides is 1. The van der Waals surface area contributed by atoms with Crippen LogP contribution >= 0.6 is 0 Å². The first-order valence-electron chi connectivity index (χ1n) is 7.66. The Morgan fingerprint density at radius 1 is 1.35 bits per heavy atom. The lowest BCUT2D eigenvalue weighted by Gasteiger charge is -2.25. The van der Waals surface area contributed by atoms with Crippen LogP contribution in [0.3, 0.4) is 0 Å². The van der Waals surface area contributed by atoms with Crippen molar-refractivity contribution < 1.29 is 9.53 Å². The van der Waals surface area contributed by atoms with Crippen LogP contribution < -0.4 is 10.5 Å². The molecular formula is C17H24N4O2. The summed E-state index contributed by atoms with van der Waals surface area (Å²) < 4.78 is 7.66. The minimum Gasteiger partial charge on any atom is -0.486 e. The second-order valence-corrected chi connectivity index (χ2v) is 5.85. The highest BCUT2D eigenvalue weighted by Crippen LogP contribution is 2.16. The van der Waals surface area contributed by atoms with Gasteiger partial charge in [-0.1, -0.05) is 12.1 Å². The zero-order valence-corrected chi connectivity index (χ0v) is 13.9. The van der Waals surface area contributed by atoms with Crippen molar-refractivity contribution in [3.8, 4) is 5.75 Å². The summed E-state index contributed by atoms with van der Waals surface area (Å²) in [5.41, 5.74) is 6.41. The number of aromatic nitrogens is 2. The van der Waals surface area contributed by atoms with Gasteiger partial charge in [0.05, 0.1) is 6.54 Å². The number of carbonyl (C=O) groups excluding carboxylic acids is 1. The Morgan fingerprint density at radius 3 is 2.57 bits per heavy atom. The second-order valence-electron chi connectivity index (χ2n) is 5.85. The highest BCUT2D eigenvalue weighted by atomic mass is 16.5. The molecule has 0 aliphatic carbocycles. The molecule has 0 spiro atoms. The largest absolute Gasteiger partial charge is 0.486 e. The number of amides is 1. The maximum atomic E-state index is 11.1. The summed E-state index contributed by atoms with van der Waals surface area (Å²) in [6, 6.07) is 8.12. The monoisotopic (exact) mass is 316 g/mol. The van der Waals surface area contributed by atoms with Crippen LogP contribution in [0.2, 0.25) is 0 Å². The van der Waals surface area contributed by atoms with E-state index in [1.165, 1.54) is 0 Å². The number of aryl methyl sites for hydroxylation is 1. The number of carbonyl (C=O) groups is 1. The molecule has 0 atom stereocenters. The SMILES string of the molecule is CC(C)N(CC(N)=O)Cc1ccc(OCc2nccn2C)cc1. The van der Waals surface area contributed by atoms with E-state index in [0.29, 0.717) is 13.2 Å². The summed E-state index contributed by atoms with van der Waals surface area (Å²) >= 11 is 0. The van der Waals surface area contributed by atoms with Gasteiger partial charge in [0, 0.05) is 32.0 Å². The molecule has 0 bridgehead atoms. The number of rotatable bonds is 8. The molecule has 6 nitrogen and oxygen atoms in total. The lowest BCUT2D eigenvalue weighted by Crippen LogP contribution is -2.37. The molecular weight excluding hydrogens is 292 g/mol. The third-order valence-electron chi connectivity index (χ3n) is 3.69. The summed E-state index contributed by atoms with van der Waals surface area (Å²) in [5, 5.41) is 0. The van der Waals surface area contributed by atoms with Gasteiger partial charge < -0.3 is 15.0 Å². The molecule has 0 aliphatic rings. The van der Waals surface area contributed by atoms with Gasteiger partial charge in [-0.3, -0.25) is 9.69 Å². The fraction of sp³-hybridized carbons (Fsp3) is 0.412. The highest BCUT2D eigenvalue weighted by molar-refractivity contribution is 5.75. The maximum absolute atomic E-state index is 11.1. The minimum absolute atomic E-state index is 0.252. The highest BCUT2D eigenvalue weighted by Gasteiger charge is 2.12. The lowest BCUT2D eigenvalue weighted by atomic mass is 10.2. The van der Waals surface area contributed by atoms with Gasteiger partial charge in [-0.15, -0.1) is 0 Å². The van der Waals surface area contributed by atoms with Crippen LogP contribution in [0, 0.1) is 0 Å². The molecule has 2 aromatic rings. The molecule has 0 aliphatic heterocycles. The van der Waals surface area contributed by atoms with E-state index in [1.807, 2.05) is 60.8 Å². The molecule has 0 fully saturated rings. The van der Waals surface area contributed by atoms with Gasteiger partial charge in [0.2, 0.25) is 5.91 Å². The Labute approximate surface area is 136 Å². The molecule has 124 valence electrons. The molecule has 2 rings (SSSR count). The molecule has 1 heterocycles. The standard InChI is InChI=1S/C17H24N4O2/c1-13(2)21(11-16(18)22)10-14-4-6-15(7-5-14)23-12-17-19-8-9-20(17)3/h4-9,13H,10-12H2,1-3H3,(H2,18,22). The Kier molecular flexibility index (Phi) is 5.76. The van der Waals surface area contributed by atoms with Crippen molar-refractivity contribution in [3.05, 3.63) is 48.0 Å². The van der Waals surface area contributed by atoms with Gasteiger partial charge in [0.25, 0.3) is 0 Å². The Bertz CT molecular complexity index is 634. The number of benzene rings is 1. The van der Waals surface area contributed by atoms with Crippen molar-refractivity contribution in [3.63, 3.8) is 0 Å². The van der Waals surface area contributed by atoms with E-state index in [2.05, 4.69) is 4.98 Å². The van der Waals surface area contributed by atoms with Crippen molar-refractivity contribution >= 4 is 5.91 Å². The van der Waals surface area contributed by atoms with Gasteiger partial charge in [-0.2, -0.15) is 0 Å². The van der Waals surface area contributed by atoms with Crippen LogP contribution in [-0.4, -0.2) is 32.9 Å². The fourth-order valence-electron chi connectivity index (χ4n) is 2.23. The Balaban J connectivity index is 1.93. The molecule has 0 saturated carbocycles. The molecule has 23 heavy (non-hydrogen) atoms. The third kappa shape index (κ3) is 5.10. The van der Waals surface area contributed by atoms with E-state index in [1.54, 1.807) is 6.20 Å². The Hall–Kier alpha value is -2.34.